The van der Waals surface area contributed by atoms with Crippen LogP contribution in [0.3, 0.4) is 0 Å². The monoisotopic (exact) mass is 237 g/mol. The van der Waals surface area contributed by atoms with E-state index in [0.29, 0.717) is 13.2 Å². The molecule has 0 saturated carbocycles. The molecule has 2 heterocycles. The molecule has 86 valence electrons. The molecule has 1 aromatic rings. The topological polar surface area (TPSA) is 30.5 Å². The van der Waals surface area contributed by atoms with Crippen LogP contribution in [0.4, 0.5) is 0 Å². The predicted octanol–water partition coefficient (Wildman–Crippen LogP) is 1.77. The summed E-state index contributed by atoms with van der Waals surface area (Å²) in [6.45, 7) is 3.65. The molecule has 16 heavy (non-hydrogen) atoms. The van der Waals surface area contributed by atoms with Gasteiger partial charge in [-0.1, -0.05) is 0 Å². The summed E-state index contributed by atoms with van der Waals surface area (Å²) >= 11 is 1.90. The van der Waals surface area contributed by atoms with Gasteiger partial charge in [-0.2, -0.15) is 0 Å². The molecule has 2 aliphatic heterocycles. The van der Waals surface area contributed by atoms with Gasteiger partial charge < -0.3 is 14.8 Å². The maximum atomic E-state index is 5.56. The van der Waals surface area contributed by atoms with Crippen molar-refractivity contribution in [2.75, 3.05) is 32.1 Å². The molecule has 1 aromatic carbocycles. The zero-order valence-electron chi connectivity index (χ0n) is 9.07. The maximum Gasteiger partial charge on any atom is 0.162 e. The van der Waals surface area contributed by atoms with Crippen LogP contribution in [0.5, 0.6) is 11.5 Å². The first-order valence-corrected chi connectivity index (χ1v) is 6.63. The first kappa shape index (κ1) is 10.3. The van der Waals surface area contributed by atoms with E-state index in [1.807, 2.05) is 17.8 Å². The molecule has 0 atom stereocenters. The summed E-state index contributed by atoms with van der Waals surface area (Å²) in [5, 5.41) is 3.29. The summed E-state index contributed by atoms with van der Waals surface area (Å²) in [5.41, 5.74) is 0. The van der Waals surface area contributed by atoms with Gasteiger partial charge in [-0.3, -0.25) is 0 Å². The molecule has 0 radical (unpaired) electrons. The van der Waals surface area contributed by atoms with Crippen LogP contribution < -0.4 is 14.8 Å². The van der Waals surface area contributed by atoms with Crippen molar-refractivity contribution >= 4 is 11.8 Å². The third-order valence-electron chi connectivity index (χ3n) is 2.87. The summed E-state index contributed by atoms with van der Waals surface area (Å²) in [7, 11) is 0. The van der Waals surface area contributed by atoms with Crippen molar-refractivity contribution in [1.82, 2.24) is 5.32 Å². The van der Waals surface area contributed by atoms with Crippen molar-refractivity contribution < 1.29 is 9.47 Å². The summed E-state index contributed by atoms with van der Waals surface area (Å²) in [5.74, 6) is 3.79. The lowest BCUT2D eigenvalue weighted by atomic mass is 10.1. The van der Waals surface area contributed by atoms with Gasteiger partial charge in [0, 0.05) is 10.6 Å². The maximum absolute atomic E-state index is 5.56. The van der Waals surface area contributed by atoms with Gasteiger partial charge in [0.2, 0.25) is 0 Å². The van der Waals surface area contributed by atoms with Gasteiger partial charge in [0.15, 0.2) is 11.5 Å². The minimum absolute atomic E-state index is 0.660. The molecule has 0 bridgehead atoms. The van der Waals surface area contributed by atoms with E-state index in [-0.39, 0.29) is 0 Å². The number of rotatable bonds is 3. The molecule has 3 rings (SSSR count). The average Bonchev–Trinajstić information content (AvgIpc) is 2.27. The second kappa shape index (κ2) is 4.55. The molecule has 0 amide bonds. The first-order valence-electron chi connectivity index (χ1n) is 5.65. The largest absolute Gasteiger partial charge is 0.486 e. The van der Waals surface area contributed by atoms with Crippen LogP contribution in [0.25, 0.3) is 0 Å². The Morgan fingerprint density at radius 2 is 2.00 bits per heavy atom. The minimum Gasteiger partial charge on any atom is -0.486 e. The van der Waals surface area contributed by atoms with Gasteiger partial charge in [-0.25, -0.2) is 0 Å². The molecule has 3 nitrogen and oxygen atoms in total. The van der Waals surface area contributed by atoms with Crippen LogP contribution in [0, 0.1) is 5.92 Å². The van der Waals surface area contributed by atoms with Gasteiger partial charge >= 0.3 is 0 Å². The third kappa shape index (κ3) is 2.13. The van der Waals surface area contributed by atoms with E-state index >= 15 is 0 Å². The zero-order chi connectivity index (χ0) is 10.8. The van der Waals surface area contributed by atoms with E-state index in [9.17, 15) is 0 Å². The summed E-state index contributed by atoms with van der Waals surface area (Å²) in [6, 6.07) is 6.21. The minimum atomic E-state index is 0.660. The lowest BCUT2D eigenvalue weighted by molar-refractivity contribution is 0.171. The van der Waals surface area contributed by atoms with Crippen molar-refractivity contribution in [2.24, 2.45) is 5.92 Å². The molecule has 0 unspecified atom stereocenters. The molecule has 1 saturated heterocycles. The molecule has 2 aliphatic rings. The number of fused-ring (bicyclic) bond motifs is 1. The van der Waals surface area contributed by atoms with E-state index in [1.54, 1.807) is 0 Å². The number of hydrogen-bond donors (Lipinski definition) is 1. The van der Waals surface area contributed by atoms with Crippen molar-refractivity contribution in [1.29, 1.82) is 0 Å². The highest BCUT2D eigenvalue weighted by Crippen LogP contribution is 2.34. The highest BCUT2D eigenvalue weighted by atomic mass is 32.2. The van der Waals surface area contributed by atoms with Gasteiger partial charge in [-0.15, -0.1) is 11.8 Å². The van der Waals surface area contributed by atoms with Crippen molar-refractivity contribution in [2.45, 2.75) is 4.90 Å². The van der Waals surface area contributed by atoms with E-state index in [2.05, 4.69) is 17.4 Å². The molecular weight excluding hydrogens is 222 g/mol. The Bertz CT molecular complexity index is 379. The van der Waals surface area contributed by atoms with Crippen molar-refractivity contribution in [3.63, 3.8) is 0 Å². The molecular formula is C12H15NO2S. The van der Waals surface area contributed by atoms with Gasteiger partial charge in [-0.05, 0) is 37.2 Å². The Morgan fingerprint density at radius 3 is 2.75 bits per heavy atom. The number of ether oxygens (including phenoxy) is 2. The van der Waals surface area contributed by atoms with E-state index in [4.69, 9.17) is 9.47 Å². The Morgan fingerprint density at radius 1 is 1.19 bits per heavy atom. The second-order valence-electron chi connectivity index (χ2n) is 4.14. The predicted molar refractivity (Wildman–Crippen MR) is 64.5 cm³/mol. The molecule has 0 spiro atoms. The van der Waals surface area contributed by atoms with Gasteiger partial charge in [0.1, 0.15) is 13.2 Å². The summed E-state index contributed by atoms with van der Waals surface area (Å²) < 4.78 is 11.1. The molecule has 0 aliphatic carbocycles. The molecule has 4 heteroatoms. The fourth-order valence-electron chi connectivity index (χ4n) is 1.79. The van der Waals surface area contributed by atoms with Gasteiger partial charge in [0.25, 0.3) is 0 Å². The summed E-state index contributed by atoms with van der Waals surface area (Å²) in [4.78, 5) is 1.27. The quantitative estimate of drug-likeness (QED) is 0.812. The number of nitrogens with one attached hydrogen (secondary N) is 1. The van der Waals surface area contributed by atoms with Crippen LogP contribution in [0.1, 0.15) is 0 Å². The van der Waals surface area contributed by atoms with E-state index in [1.165, 1.54) is 10.6 Å². The highest BCUT2D eigenvalue weighted by molar-refractivity contribution is 7.99. The SMILES string of the molecule is c1cc2c(cc1SCC1CNC1)OCCO2. The molecule has 1 N–H and O–H groups in total. The third-order valence-corrected chi connectivity index (χ3v) is 4.09. The standard InChI is InChI=1S/C12H15NO2S/c1-2-11-12(15-4-3-14-11)5-10(1)16-8-9-6-13-7-9/h1-2,5,9,13H,3-4,6-8H2. The van der Waals surface area contributed by atoms with Crippen LogP contribution in [0.15, 0.2) is 23.1 Å². The van der Waals surface area contributed by atoms with Crippen LogP contribution in [-0.2, 0) is 0 Å². The van der Waals surface area contributed by atoms with Crippen molar-refractivity contribution in [3.05, 3.63) is 18.2 Å². The highest BCUT2D eigenvalue weighted by Gasteiger charge is 2.17. The smallest absolute Gasteiger partial charge is 0.162 e. The van der Waals surface area contributed by atoms with E-state index < -0.39 is 0 Å². The molecule has 0 aromatic heterocycles. The average molecular weight is 237 g/mol. The Hall–Kier alpha value is -0.870. The summed E-state index contributed by atoms with van der Waals surface area (Å²) in [6.07, 6.45) is 0. The van der Waals surface area contributed by atoms with Crippen LogP contribution >= 0.6 is 11.8 Å². The number of benzene rings is 1. The van der Waals surface area contributed by atoms with Gasteiger partial charge in [0.05, 0.1) is 0 Å². The van der Waals surface area contributed by atoms with Crippen LogP contribution in [-0.4, -0.2) is 32.1 Å². The zero-order valence-corrected chi connectivity index (χ0v) is 9.89. The van der Waals surface area contributed by atoms with E-state index in [0.717, 1.165) is 30.5 Å². The fraction of sp³-hybridized carbons (Fsp3) is 0.500. The Balaban J connectivity index is 1.65. The fourth-order valence-corrected chi connectivity index (χ4v) is 2.81. The normalized spacial score (nSPS) is 19.2. The second-order valence-corrected chi connectivity index (χ2v) is 5.23. The Labute approximate surface area is 99.5 Å². The van der Waals surface area contributed by atoms with Crippen molar-refractivity contribution in [3.8, 4) is 11.5 Å². The number of thioether (sulfide) groups is 1. The lowest BCUT2D eigenvalue weighted by Crippen LogP contribution is -2.43. The number of hydrogen-bond acceptors (Lipinski definition) is 4. The molecule has 1 fully saturated rings. The van der Waals surface area contributed by atoms with Crippen LogP contribution in [0.2, 0.25) is 0 Å². The Kier molecular flexibility index (Phi) is 2.93. The first-order chi connectivity index (χ1) is 7.92. The lowest BCUT2D eigenvalue weighted by Gasteiger charge is -2.26.